The summed E-state index contributed by atoms with van der Waals surface area (Å²) in [5.41, 5.74) is 1.21. The number of hydrogen-bond donors (Lipinski definition) is 1. The number of hydrogen-bond acceptors (Lipinski definition) is 6. The molecule has 0 saturated heterocycles. The fraction of sp³-hybridized carbons (Fsp3) is 0.381. The minimum absolute atomic E-state index is 0.117. The maximum Gasteiger partial charge on any atom is 0.308 e. The molecule has 8 nitrogen and oxygen atoms in total. The van der Waals surface area contributed by atoms with Crippen LogP contribution in [0.5, 0.6) is 5.75 Å². The molecule has 0 spiro atoms. The second-order valence-electron chi connectivity index (χ2n) is 7.09. The van der Waals surface area contributed by atoms with Crippen molar-refractivity contribution in [2.24, 2.45) is 0 Å². The van der Waals surface area contributed by atoms with Gasteiger partial charge in [-0.25, -0.2) is 8.42 Å². The Morgan fingerprint density at radius 2 is 1.58 bits per heavy atom. The molecule has 0 aromatic heterocycles. The van der Waals surface area contributed by atoms with Crippen LogP contribution in [0.3, 0.4) is 0 Å². The predicted octanol–water partition coefficient (Wildman–Crippen LogP) is 3.36. The van der Waals surface area contributed by atoms with Crippen LogP contribution in [0.25, 0.3) is 0 Å². The Hall–Kier alpha value is -2.43. The number of nitrogens with one attached hydrogen (secondary N) is 1. The molecule has 0 fully saturated rings. The summed E-state index contributed by atoms with van der Waals surface area (Å²) >= 11 is 0. The van der Waals surface area contributed by atoms with Crippen molar-refractivity contribution in [1.29, 1.82) is 0 Å². The van der Waals surface area contributed by atoms with Gasteiger partial charge in [-0.15, -0.1) is 0 Å². The molecule has 0 aliphatic carbocycles. The Bertz CT molecular complexity index is 1100. The number of benzene rings is 2. The fourth-order valence-corrected chi connectivity index (χ4v) is 4.98. The molecule has 0 heterocycles. The van der Waals surface area contributed by atoms with Crippen LogP contribution in [0, 0.1) is 0 Å². The number of rotatable bonds is 10. The zero-order valence-electron chi connectivity index (χ0n) is 18.0. The highest BCUT2D eigenvalue weighted by molar-refractivity contribution is 7.89. The van der Waals surface area contributed by atoms with Crippen LogP contribution in [0.1, 0.15) is 39.7 Å². The van der Waals surface area contributed by atoms with Crippen molar-refractivity contribution in [3.8, 4) is 5.75 Å². The molecule has 0 saturated carbocycles. The van der Waals surface area contributed by atoms with Crippen LogP contribution in [0.15, 0.2) is 53.4 Å². The lowest BCUT2D eigenvalue weighted by Crippen LogP contribution is -2.37. The first-order chi connectivity index (χ1) is 14.5. The lowest BCUT2D eigenvalue weighted by atomic mass is 10.2. The predicted molar refractivity (Wildman–Crippen MR) is 120 cm³/mol. The molecule has 1 atom stereocenters. The second kappa shape index (κ2) is 10.3. The van der Waals surface area contributed by atoms with E-state index in [-0.39, 0.29) is 34.9 Å². The molecule has 0 radical (unpaired) electrons. The van der Waals surface area contributed by atoms with Gasteiger partial charge in [0.05, 0.1) is 10.6 Å². The SMILES string of the molecule is CCC(C)N(Cc1ccc(OS(=O)(=O)CC)cc1)S(=O)(=O)c1ccc(NC(C)=O)cc1. The van der Waals surface area contributed by atoms with Gasteiger partial charge in [-0.05, 0) is 62.2 Å². The molecule has 0 aliphatic heterocycles. The smallest absolute Gasteiger partial charge is 0.308 e. The molecule has 2 aromatic rings. The van der Waals surface area contributed by atoms with E-state index in [2.05, 4.69) is 5.32 Å². The van der Waals surface area contributed by atoms with Crippen molar-refractivity contribution in [3.63, 3.8) is 0 Å². The largest absolute Gasteiger partial charge is 0.382 e. The van der Waals surface area contributed by atoms with Gasteiger partial charge in [0.2, 0.25) is 15.9 Å². The molecule has 2 rings (SSSR count). The van der Waals surface area contributed by atoms with Gasteiger partial charge in [-0.1, -0.05) is 19.1 Å². The summed E-state index contributed by atoms with van der Waals surface area (Å²) in [6.07, 6.45) is 0.610. The van der Waals surface area contributed by atoms with Gasteiger partial charge in [-0.3, -0.25) is 4.79 Å². The number of carbonyl (C=O) groups excluding carboxylic acids is 1. The summed E-state index contributed by atoms with van der Waals surface area (Å²) in [6, 6.07) is 12.0. The van der Waals surface area contributed by atoms with Crippen molar-refractivity contribution < 1.29 is 25.8 Å². The Balaban J connectivity index is 2.28. The summed E-state index contributed by atoms with van der Waals surface area (Å²) in [5, 5.41) is 2.61. The van der Waals surface area contributed by atoms with Gasteiger partial charge in [-0.2, -0.15) is 12.7 Å². The third-order valence-corrected chi connectivity index (χ3v) is 7.83. The maximum atomic E-state index is 13.3. The van der Waals surface area contributed by atoms with Crippen molar-refractivity contribution in [2.45, 2.75) is 51.6 Å². The van der Waals surface area contributed by atoms with E-state index >= 15 is 0 Å². The van der Waals surface area contributed by atoms with E-state index in [0.717, 1.165) is 0 Å². The topological polar surface area (TPSA) is 110 Å². The first kappa shape index (κ1) is 24.8. The molecule has 1 N–H and O–H groups in total. The summed E-state index contributed by atoms with van der Waals surface area (Å²) < 4.78 is 56.2. The summed E-state index contributed by atoms with van der Waals surface area (Å²) in [5.74, 6) is -0.205. The zero-order valence-corrected chi connectivity index (χ0v) is 19.7. The van der Waals surface area contributed by atoms with Crippen LogP contribution in [-0.2, 0) is 31.5 Å². The molecule has 0 aliphatic rings. The number of anilines is 1. The van der Waals surface area contributed by atoms with Crippen LogP contribution >= 0.6 is 0 Å². The number of amides is 1. The first-order valence-corrected chi connectivity index (χ1v) is 12.9. The molecule has 10 heteroatoms. The molecule has 170 valence electrons. The fourth-order valence-electron chi connectivity index (χ4n) is 2.77. The normalized spacial score (nSPS) is 13.1. The third-order valence-electron chi connectivity index (χ3n) is 4.70. The van der Waals surface area contributed by atoms with Gasteiger partial charge in [0, 0.05) is 25.2 Å². The summed E-state index contributed by atoms with van der Waals surface area (Å²) in [6.45, 7) is 6.71. The van der Waals surface area contributed by atoms with Crippen LogP contribution in [-0.4, -0.2) is 38.8 Å². The van der Waals surface area contributed by atoms with E-state index < -0.39 is 20.1 Å². The van der Waals surface area contributed by atoms with E-state index in [1.54, 1.807) is 24.3 Å². The molecule has 1 amide bonds. The van der Waals surface area contributed by atoms with Crippen molar-refractivity contribution in [1.82, 2.24) is 4.31 Å². The lowest BCUT2D eigenvalue weighted by Gasteiger charge is -2.28. The zero-order chi connectivity index (χ0) is 23.2. The standard InChI is InChI=1S/C21H28N2O6S2/c1-5-16(3)23(15-18-7-11-20(12-8-18)29-30(25,26)6-2)31(27,28)21-13-9-19(10-14-21)22-17(4)24/h7-14,16H,5-6,15H2,1-4H3,(H,22,24). The van der Waals surface area contributed by atoms with Crippen LogP contribution in [0.4, 0.5) is 5.69 Å². The Morgan fingerprint density at radius 1 is 1.00 bits per heavy atom. The Morgan fingerprint density at radius 3 is 2.06 bits per heavy atom. The molecule has 2 aromatic carbocycles. The van der Waals surface area contributed by atoms with E-state index in [1.165, 1.54) is 42.4 Å². The minimum Gasteiger partial charge on any atom is -0.382 e. The van der Waals surface area contributed by atoms with Crippen LogP contribution in [0.2, 0.25) is 0 Å². The van der Waals surface area contributed by atoms with Gasteiger partial charge in [0.1, 0.15) is 5.75 Å². The third kappa shape index (κ3) is 6.78. The highest BCUT2D eigenvalue weighted by Gasteiger charge is 2.28. The molecule has 1 unspecified atom stereocenters. The molecular weight excluding hydrogens is 440 g/mol. The Kier molecular flexibility index (Phi) is 8.21. The lowest BCUT2D eigenvalue weighted by molar-refractivity contribution is -0.114. The van der Waals surface area contributed by atoms with Gasteiger partial charge in [0.15, 0.2) is 0 Å². The average Bonchev–Trinajstić information content (AvgIpc) is 2.72. The molecular formula is C21H28N2O6S2. The van der Waals surface area contributed by atoms with Crippen molar-refractivity contribution in [2.75, 3.05) is 11.1 Å². The number of nitrogens with zero attached hydrogens (tertiary/aromatic N) is 1. The van der Waals surface area contributed by atoms with Gasteiger partial charge in [0.25, 0.3) is 0 Å². The first-order valence-electron chi connectivity index (χ1n) is 9.89. The van der Waals surface area contributed by atoms with Gasteiger partial charge >= 0.3 is 10.1 Å². The summed E-state index contributed by atoms with van der Waals surface area (Å²) in [4.78, 5) is 11.3. The quantitative estimate of drug-likeness (QED) is 0.536. The average molecular weight is 469 g/mol. The van der Waals surface area contributed by atoms with Crippen LogP contribution < -0.4 is 9.50 Å². The maximum absolute atomic E-state index is 13.3. The van der Waals surface area contributed by atoms with E-state index in [0.29, 0.717) is 17.7 Å². The van der Waals surface area contributed by atoms with E-state index in [4.69, 9.17) is 4.18 Å². The summed E-state index contributed by atoms with van der Waals surface area (Å²) in [7, 11) is -7.43. The van der Waals surface area contributed by atoms with E-state index in [1.807, 2.05) is 13.8 Å². The Labute approximate surface area is 184 Å². The number of carbonyl (C=O) groups is 1. The van der Waals surface area contributed by atoms with Crippen molar-refractivity contribution in [3.05, 3.63) is 54.1 Å². The number of sulfonamides is 1. The minimum atomic E-state index is -3.81. The van der Waals surface area contributed by atoms with Gasteiger partial charge < -0.3 is 9.50 Å². The van der Waals surface area contributed by atoms with E-state index in [9.17, 15) is 21.6 Å². The second-order valence-corrected chi connectivity index (χ2v) is 10.8. The highest BCUT2D eigenvalue weighted by atomic mass is 32.2. The molecule has 31 heavy (non-hydrogen) atoms. The molecule has 0 bridgehead atoms. The highest BCUT2D eigenvalue weighted by Crippen LogP contribution is 2.25. The van der Waals surface area contributed by atoms with Crippen molar-refractivity contribution >= 4 is 31.7 Å². The monoisotopic (exact) mass is 468 g/mol.